The van der Waals surface area contributed by atoms with Crippen molar-refractivity contribution >= 4 is 55.8 Å². The van der Waals surface area contributed by atoms with Gasteiger partial charge in [0.1, 0.15) is 34.9 Å². The highest BCUT2D eigenvalue weighted by molar-refractivity contribution is 9.10. The first-order chi connectivity index (χ1) is 19.3. The first-order valence-electron chi connectivity index (χ1n) is 12.6. The Balaban J connectivity index is 1.29. The number of rotatable bonds is 6. The first kappa shape index (κ1) is 25.8. The van der Waals surface area contributed by atoms with Gasteiger partial charge in [0.15, 0.2) is 5.78 Å². The fourth-order valence-corrected chi connectivity index (χ4v) is 5.44. The molecule has 2 amide bonds. The number of ketones is 1. The van der Waals surface area contributed by atoms with Gasteiger partial charge in [0.25, 0.3) is 0 Å². The van der Waals surface area contributed by atoms with Crippen molar-refractivity contribution < 1.29 is 18.8 Å². The summed E-state index contributed by atoms with van der Waals surface area (Å²) >= 11 is 3.25. The SMILES string of the molecule is CC(=O)c1nn(CC(=O)N2C[C@H](F)C[C@H]2C(=O)Nc2cccc(Br)n2)c2ccc(-c3ccc4cccnn34)cc12. The van der Waals surface area contributed by atoms with Crippen molar-refractivity contribution in [2.75, 3.05) is 11.9 Å². The maximum Gasteiger partial charge on any atom is 0.248 e. The van der Waals surface area contributed by atoms with Crippen LogP contribution in [0.2, 0.25) is 0 Å². The highest BCUT2D eigenvalue weighted by atomic mass is 79.9. The van der Waals surface area contributed by atoms with Crippen molar-refractivity contribution in [1.82, 2.24) is 29.3 Å². The smallest absolute Gasteiger partial charge is 0.248 e. The fourth-order valence-electron chi connectivity index (χ4n) is 5.10. The van der Waals surface area contributed by atoms with Crippen LogP contribution in [0.4, 0.5) is 10.2 Å². The summed E-state index contributed by atoms with van der Waals surface area (Å²) in [4.78, 5) is 44.3. The van der Waals surface area contributed by atoms with Gasteiger partial charge in [-0.05, 0) is 64.5 Å². The second-order valence-electron chi connectivity index (χ2n) is 9.60. The summed E-state index contributed by atoms with van der Waals surface area (Å²) in [5, 5.41) is 12.1. The molecule has 1 fully saturated rings. The minimum absolute atomic E-state index is 0.118. The van der Waals surface area contributed by atoms with E-state index in [1.54, 1.807) is 35.0 Å². The lowest BCUT2D eigenvalue weighted by molar-refractivity contribution is -0.137. The Morgan fingerprint density at radius 2 is 1.95 bits per heavy atom. The molecule has 202 valence electrons. The molecule has 0 aliphatic carbocycles. The highest BCUT2D eigenvalue weighted by Crippen LogP contribution is 2.29. The molecule has 6 rings (SSSR count). The van der Waals surface area contributed by atoms with Crippen LogP contribution >= 0.6 is 15.9 Å². The molecule has 0 saturated carbocycles. The number of nitrogens with one attached hydrogen (secondary N) is 1. The van der Waals surface area contributed by atoms with E-state index in [2.05, 4.69) is 36.4 Å². The van der Waals surface area contributed by atoms with Crippen molar-refractivity contribution in [3.63, 3.8) is 0 Å². The summed E-state index contributed by atoms with van der Waals surface area (Å²) in [5.74, 6) is -0.963. The molecule has 1 aliphatic heterocycles. The lowest BCUT2D eigenvalue weighted by Gasteiger charge is -2.23. The van der Waals surface area contributed by atoms with Crippen LogP contribution in [0.1, 0.15) is 23.8 Å². The number of likely N-dealkylation sites (tertiary alicyclic amines) is 1. The summed E-state index contributed by atoms with van der Waals surface area (Å²) in [5.41, 5.74) is 3.40. The van der Waals surface area contributed by atoms with Gasteiger partial charge >= 0.3 is 0 Å². The van der Waals surface area contributed by atoms with Crippen molar-refractivity contribution in [2.45, 2.75) is 32.1 Å². The number of hydrogen-bond donors (Lipinski definition) is 1. The van der Waals surface area contributed by atoms with Gasteiger partial charge in [0, 0.05) is 30.5 Å². The molecule has 5 aromatic rings. The predicted octanol–water partition coefficient (Wildman–Crippen LogP) is 4.29. The number of aromatic nitrogens is 5. The molecule has 12 heteroatoms. The number of nitrogens with zero attached hydrogens (tertiary/aromatic N) is 6. The average Bonchev–Trinajstić information content (AvgIpc) is 3.63. The maximum absolute atomic E-state index is 14.5. The Labute approximate surface area is 235 Å². The van der Waals surface area contributed by atoms with Gasteiger partial charge in [-0.25, -0.2) is 13.9 Å². The summed E-state index contributed by atoms with van der Waals surface area (Å²) < 4.78 is 18.2. The van der Waals surface area contributed by atoms with Crippen LogP contribution < -0.4 is 5.32 Å². The number of alkyl halides is 1. The van der Waals surface area contributed by atoms with E-state index < -0.39 is 24.0 Å². The molecule has 1 saturated heterocycles. The van der Waals surface area contributed by atoms with Gasteiger partial charge in [-0.2, -0.15) is 10.2 Å². The van der Waals surface area contributed by atoms with E-state index in [0.29, 0.717) is 21.3 Å². The zero-order valence-electron chi connectivity index (χ0n) is 21.3. The fraction of sp³-hybridized carbons (Fsp3) is 0.214. The van der Waals surface area contributed by atoms with Crippen LogP contribution in [0.25, 0.3) is 27.7 Å². The number of carbonyl (C=O) groups is 3. The topological polar surface area (TPSA) is 114 Å². The lowest BCUT2D eigenvalue weighted by Crippen LogP contribution is -2.44. The minimum Gasteiger partial charge on any atom is -0.326 e. The van der Waals surface area contributed by atoms with E-state index in [-0.39, 0.29) is 31.0 Å². The normalized spacial score (nSPS) is 17.0. The van der Waals surface area contributed by atoms with E-state index in [1.807, 2.05) is 36.4 Å². The van der Waals surface area contributed by atoms with Gasteiger partial charge < -0.3 is 10.2 Å². The van der Waals surface area contributed by atoms with Crippen LogP contribution in [0.5, 0.6) is 0 Å². The molecule has 0 spiro atoms. The number of anilines is 1. The standard InChI is InChI=1S/C28H23BrFN7O3/c1-16(38)27-20-12-17(21-10-8-19-4-3-11-31-37(19)21)7-9-22(20)36(34-27)15-26(39)35-14-18(30)13-23(35)28(40)33-25-6-2-5-24(29)32-25/h2-12,18,23H,13-15H2,1H3,(H,32,33,40)/t18-,23+/m1/s1. The molecule has 0 unspecified atom stereocenters. The molecule has 0 bridgehead atoms. The first-order valence-corrected chi connectivity index (χ1v) is 13.4. The Morgan fingerprint density at radius 3 is 2.75 bits per heavy atom. The number of Topliss-reactive ketones (excluding diaryl/α,β-unsaturated/α-hetero) is 1. The highest BCUT2D eigenvalue weighted by Gasteiger charge is 2.40. The minimum atomic E-state index is -1.34. The summed E-state index contributed by atoms with van der Waals surface area (Å²) in [6.45, 7) is 0.948. The van der Waals surface area contributed by atoms with Crippen molar-refractivity contribution in [1.29, 1.82) is 0 Å². The van der Waals surface area contributed by atoms with E-state index in [1.165, 1.54) is 16.5 Å². The number of benzene rings is 1. The van der Waals surface area contributed by atoms with Crippen molar-refractivity contribution in [2.24, 2.45) is 0 Å². The number of hydrogen-bond acceptors (Lipinski definition) is 6. The van der Waals surface area contributed by atoms with Crippen molar-refractivity contribution in [3.8, 4) is 11.3 Å². The molecule has 2 atom stereocenters. The van der Waals surface area contributed by atoms with Crippen molar-refractivity contribution in [3.05, 3.63) is 77.2 Å². The van der Waals surface area contributed by atoms with E-state index >= 15 is 0 Å². The van der Waals surface area contributed by atoms with E-state index in [4.69, 9.17) is 0 Å². The molecule has 5 heterocycles. The molecule has 40 heavy (non-hydrogen) atoms. The predicted molar refractivity (Wildman–Crippen MR) is 150 cm³/mol. The molecule has 1 N–H and O–H groups in total. The third-order valence-corrected chi connectivity index (χ3v) is 7.37. The number of amides is 2. The molecule has 0 radical (unpaired) electrons. The number of halogens is 2. The molecular formula is C28H23BrFN7O3. The van der Waals surface area contributed by atoms with Gasteiger partial charge in [0.2, 0.25) is 11.8 Å². The summed E-state index contributed by atoms with van der Waals surface area (Å²) in [6.07, 6.45) is 0.237. The molecule has 10 nitrogen and oxygen atoms in total. The van der Waals surface area contributed by atoms with Gasteiger partial charge in [-0.15, -0.1) is 0 Å². The Kier molecular flexibility index (Phi) is 6.62. The van der Waals surface area contributed by atoms with Gasteiger partial charge in [-0.1, -0.05) is 12.1 Å². The Hall–Kier alpha value is -4.45. The lowest BCUT2D eigenvalue weighted by atomic mass is 10.1. The second-order valence-corrected chi connectivity index (χ2v) is 10.4. The summed E-state index contributed by atoms with van der Waals surface area (Å²) in [6, 6.07) is 17.2. The quantitative estimate of drug-likeness (QED) is 0.229. The molecule has 1 aliphatic rings. The molecular weight excluding hydrogens is 581 g/mol. The van der Waals surface area contributed by atoms with Crippen LogP contribution in [0, 0.1) is 0 Å². The average molecular weight is 604 g/mol. The van der Waals surface area contributed by atoms with Gasteiger partial charge in [0.05, 0.1) is 23.3 Å². The van der Waals surface area contributed by atoms with Crippen LogP contribution in [-0.2, 0) is 16.1 Å². The largest absolute Gasteiger partial charge is 0.326 e. The monoisotopic (exact) mass is 603 g/mol. The van der Waals surface area contributed by atoms with E-state index in [0.717, 1.165) is 16.8 Å². The summed E-state index contributed by atoms with van der Waals surface area (Å²) in [7, 11) is 0. The molecule has 1 aromatic carbocycles. The number of carbonyl (C=O) groups excluding carboxylic acids is 3. The third-order valence-electron chi connectivity index (χ3n) is 6.92. The van der Waals surface area contributed by atoms with Crippen LogP contribution in [-0.4, -0.2) is 65.6 Å². The maximum atomic E-state index is 14.5. The molecule has 4 aromatic heterocycles. The number of fused-ring (bicyclic) bond motifs is 2. The Morgan fingerprint density at radius 1 is 1.10 bits per heavy atom. The van der Waals surface area contributed by atoms with Crippen LogP contribution in [0.15, 0.2) is 71.5 Å². The van der Waals surface area contributed by atoms with Crippen LogP contribution in [0.3, 0.4) is 0 Å². The zero-order chi connectivity index (χ0) is 28.0. The number of pyridine rings is 1. The van der Waals surface area contributed by atoms with E-state index in [9.17, 15) is 18.8 Å². The Bertz CT molecular complexity index is 1800. The third kappa shape index (κ3) is 4.75. The van der Waals surface area contributed by atoms with Gasteiger partial charge in [-0.3, -0.25) is 19.1 Å². The second kappa shape index (κ2) is 10.3. The zero-order valence-corrected chi connectivity index (χ0v) is 22.9.